The molecule has 0 unspecified atom stereocenters. The summed E-state index contributed by atoms with van der Waals surface area (Å²) in [7, 11) is 0. The van der Waals surface area contributed by atoms with Gasteiger partial charge in [-0.15, -0.1) is 0 Å². The Bertz CT molecular complexity index is 160. The number of alkyl halides is 2. The molecule has 50 valence electrons. The van der Waals surface area contributed by atoms with Crippen LogP contribution in [-0.4, -0.2) is 10.2 Å². The summed E-state index contributed by atoms with van der Waals surface area (Å²) in [5.74, 6) is -0.693. The lowest BCUT2D eigenvalue weighted by Gasteiger charge is -2.04. The molecule has 0 atom stereocenters. The number of rotatable bonds is 2. The van der Waals surface area contributed by atoms with Crippen molar-refractivity contribution in [2.75, 3.05) is 0 Å². The van der Waals surface area contributed by atoms with Crippen LogP contribution in [0, 0.1) is 11.3 Å². The largest absolute Gasteiger partial charge is 0.370 e. The molecule has 0 radical (unpaired) electrons. The fraction of sp³-hybridized carbons (Fsp3) is 0.500. The number of hydrogen-bond acceptors (Lipinski definition) is 2. The third kappa shape index (κ3) is 4.07. The van der Waals surface area contributed by atoms with E-state index < -0.39 is 10.2 Å². The van der Waals surface area contributed by atoms with Crippen LogP contribution in [0.5, 0.6) is 0 Å². The minimum absolute atomic E-state index is 0.341. The van der Waals surface area contributed by atoms with Crippen LogP contribution in [0.2, 0.25) is 0 Å². The van der Waals surface area contributed by atoms with Crippen molar-refractivity contribution in [1.29, 1.82) is 5.26 Å². The molecule has 0 saturated heterocycles. The summed E-state index contributed by atoms with van der Waals surface area (Å²) in [5.41, 5.74) is 4.70. The number of nitrogens with zero attached hydrogens (tertiary/aromatic N) is 1. The van der Waals surface area contributed by atoms with Gasteiger partial charge in [-0.25, -0.2) is 0 Å². The summed E-state index contributed by atoms with van der Waals surface area (Å²) < 4.78 is -1.66. The molecular formula is C4H4Cl2N2O. The van der Waals surface area contributed by atoms with Crippen molar-refractivity contribution in [1.82, 2.24) is 0 Å². The maximum absolute atomic E-state index is 10.1. The molecule has 0 spiro atoms. The lowest BCUT2D eigenvalue weighted by molar-refractivity contribution is -0.118. The second-order valence-corrected chi connectivity index (χ2v) is 2.94. The number of hydrogen-bond donors (Lipinski definition) is 1. The van der Waals surface area contributed by atoms with Gasteiger partial charge in [-0.05, 0) is 0 Å². The van der Waals surface area contributed by atoms with E-state index in [0.717, 1.165) is 0 Å². The Balaban J connectivity index is 3.91. The zero-order chi connectivity index (χ0) is 7.49. The molecule has 0 aromatic rings. The Kier molecular flexibility index (Phi) is 2.75. The van der Waals surface area contributed by atoms with Crippen molar-refractivity contribution in [2.45, 2.75) is 10.8 Å². The summed E-state index contributed by atoms with van der Waals surface area (Å²) in [5, 5.41) is 8.12. The first-order valence-electron chi connectivity index (χ1n) is 2.05. The maximum atomic E-state index is 10.1. The van der Waals surface area contributed by atoms with Gasteiger partial charge in [0.25, 0.3) is 0 Å². The van der Waals surface area contributed by atoms with Gasteiger partial charge in [0.15, 0.2) is 0 Å². The minimum atomic E-state index is -1.66. The molecule has 1 amide bonds. The van der Waals surface area contributed by atoms with Crippen LogP contribution >= 0.6 is 23.2 Å². The number of carbonyl (C=O) groups is 1. The van der Waals surface area contributed by atoms with Crippen LogP contribution in [0.25, 0.3) is 0 Å². The lowest BCUT2D eigenvalue weighted by atomic mass is 10.3. The van der Waals surface area contributed by atoms with Gasteiger partial charge in [0, 0.05) is 0 Å². The molecular weight excluding hydrogens is 163 g/mol. The molecule has 0 aromatic heterocycles. The predicted molar refractivity (Wildman–Crippen MR) is 33.9 cm³/mol. The number of primary amides is 1. The Morgan fingerprint density at radius 3 is 2.33 bits per heavy atom. The van der Waals surface area contributed by atoms with Gasteiger partial charge in [-0.3, -0.25) is 4.79 Å². The molecule has 0 fully saturated rings. The van der Waals surface area contributed by atoms with Gasteiger partial charge in [-0.2, -0.15) is 5.26 Å². The van der Waals surface area contributed by atoms with E-state index in [1.807, 2.05) is 0 Å². The van der Waals surface area contributed by atoms with Gasteiger partial charge in [0.2, 0.25) is 10.2 Å². The molecule has 0 aromatic carbocycles. The van der Waals surface area contributed by atoms with E-state index in [0.29, 0.717) is 0 Å². The second-order valence-electron chi connectivity index (χ2n) is 1.46. The molecule has 3 nitrogen and oxygen atoms in total. The first kappa shape index (κ1) is 8.54. The number of amides is 1. The average Bonchev–Trinajstić information content (AvgIpc) is 1.63. The molecule has 0 aliphatic carbocycles. The normalized spacial score (nSPS) is 10.3. The molecule has 9 heavy (non-hydrogen) atoms. The van der Waals surface area contributed by atoms with Gasteiger partial charge >= 0.3 is 0 Å². The summed E-state index contributed by atoms with van der Waals surface area (Å²) in [6, 6.07) is 1.50. The summed E-state index contributed by atoms with van der Waals surface area (Å²) in [6.45, 7) is 0. The highest BCUT2D eigenvalue weighted by Gasteiger charge is 2.25. The summed E-state index contributed by atoms with van der Waals surface area (Å²) in [6.07, 6.45) is -0.341. The number of nitrogens with two attached hydrogens (primary N) is 1. The van der Waals surface area contributed by atoms with E-state index in [4.69, 9.17) is 34.2 Å². The first-order valence-corrected chi connectivity index (χ1v) is 2.81. The number of halogens is 2. The quantitative estimate of drug-likeness (QED) is 0.610. The van der Waals surface area contributed by atoms with E-state index >= 15 is 0 Å². The van der Waals surface area contributed by atoms with E-state index in [1.165, 1.54) is 6.07 Å². The Morgan fingerprint density at radius 2 is 2.22 bits per heavy atom. The van der Waals surface area contributed by atoms with Crippen LogP contribution in [0.4, 0.5) is 0 Å². The molecule has 2 N–H and O–H groups in total. The standard InChI is InChI=1S/C4H4Cl2N2O/c5-4(6,2-7)1-3(8)9/h1H2,(H2,8,9). The maximum Gasteiger partial charge on any atom is 0.221 e. The SMILES string of the molecule is N#CC(Cl)(Cl)CC(N)=O. The van der Waals surface area contributed by atoms with Crippen LogP contribution in [0.3, 0.4) is 0 Å². The third-order valence-corrected chi connectivity index (χ3v) is 0.996. The Morgan fingerprint density at radius 1 is 1.78 bits per heavy atom. The molecule has 0 aliphatic rings. The average molecular weight is 167 g/mol. The fourth-order valence-electron chi connectivity index (χ4n) is 0.258. The highest BCUT2D eigenvalue weighted by molar-refractivity contribution is 6.51. The van der Waals surface area contributed by atoms with E-state index in [-0.39, 0.29) is 6.42 Å². The smallest absolute Gasteiger partial charge is 0.221 e. The van der Waals surface area contributed by atoms with Crippen molar-refractivity contribution < 1.29 is 4.79 Å². The van der Waals surface area contributed by atoms with E-state index in [1.54, 1.807) is 0 Å². The molecule has 5 heteroatoms. The van der Waals surface area contributed by atoms with E-state index in [2.05, 4.69) is 0 Å². The zero-order valence-electron chi connectivity index (χ0n) is 4.40. The zero-order valence-corrected chi connectivity index (χ0v) is 5.91. The van der Waals surface area contributed by atoms with E-state index in [9.17, 15) is 4.79 Å². The van der Waals surface area contributed by atoms with Crippen LogP contribution < -0.4 is 5.73 Å². The van der Waals surface area contributed by atoms with Crippen LogP contribution in [0.15, 0.2) is 0 Å². The summed E-state index contributed by atoms with van der Waals surface area (Å²) >= 11 is 10.4. The van der Waals surface area contributed by atoms with Crippen molar-refractivity contribution in [3.8, 4) is 6.07 Å². The lowest BCUT2D eigenvalue weighted by Crippen LogP contribution is -2.21. The Hall–Kier alpha value is -0.460. The van der Waals surface area contributed by atoms with Gasteiger partial charge in [0.05, 0.1) is 6.42 Å². The first-order chi connectivity index (χ1) is 3.98. The second kappa shape index (κ2) is 2.90. The molecule has 0 rings (SSSR count). The fourth-order valence-corrected chi connectivity index (χ4v) is 0.522. The molecule has 0 aliphatic heterocycles. The minimum Gasteiger partial charge on any atom is -0.370 e. The number of nitriles is 1. The highest BCUT2D eigenvalue weighted by atomic mass is 35.5. The van der Waals surface area contributed by atoms with Crippen molar-refractivity contribution in [2.24, 2.45) is 5.73 Å². The predicted octanol–water partition coefficient (Wildman–Crippen LogP) is 0.559. The molecule has 0 saturated carbocycles. The van der Waals surface area contributed by atoms with Gasteiger partial charge in [0.1, 0.15) is 6.07 Å². The number of carbonyl (C=O) groups excluding carboxylic acids is 1. The van der Waals surface area contributed by atoms with Gasteiger partial charge < -0.3 is 5.73 Å². The van der Waals surface area contributed by atoms with Crippen LogP contribution in [0.1, 0.15) is 6.42 Å². The highest BCUT2D eigenvalue weighted by Crippen LogP contribution is 2.22. The van der Waals surface area contributed by atoms with Crippen LogP contribution in [-0.2, 0) is 4.79 Å². The monoisotopic (exact) mass is 166 g/mol. The Labute approximate surface area is 62.3 Å². The summed E-state index contributed by atoms with van der Waals surface area (Å²) in [4.78, 5) is 10.1. The molecule has 0 heterocycles. The van der Waals surface area contributed by atoms with Crippen molar-refractivity contribution >= 4 is 29.1 Å². The third-order valence-electron chi connectivity index (χ3n) is 0.560. The topological polar surface area (TPSA) is 66.9 Å². The molecule has 0 bridgehead atoms. The van der Waals surface area contributed by atoms with Crippen molar-refractivity contribution in [3.05, 3.63) is 0 Å². The van der Waals surface area contributed by atoms with Crippen molar-refractivity contribution in [3.63, 3.8) is 0 Å². The van der Waals surface area contributed by atoms with Gasteiger partial charge in [-0.1, -0.05) is 23.2 Å².